The number of esters is 1. The van der Waals surface area contributed by atoms with E-state index in [1.807, 2.05) is 18.2 Å². The number of benzene rings is 2. The molecule has 0 amide bonds. The Balaban J connectivity index is 1.29. The highest BCUT2D eigenvalue weighted by molar-refractivity contribution is 5.93. The molecule has 0 unspecified atom stereocenters. The Morgan fingerprint density at radius 2 is 2.16 bits per heavy atom. The summed E-state index contributed by atoms with van der Waals surface area (Å²) in [5.41, 5.74) is 7.74. The monoisotopic (exact) mass is 416 g/mol. The van der Waals surface area contributed by atoms with Gasteiger partial charge >= 0.3 is 5.97 Å². The molecule has 0 saturated carbocycles. The second-order valence-electron chi connectivity index (χ2n) is 8.06. The smallest absolute Gasteiger partial charge is 0.338 e. The number of halogens is 1. The van der Waals surface area contributed by atoms with E-state index in [0.717, 1.165) is 60.6 Å². The standard InChI is InChI=1S/C24H21FN4O2/c1-14-15(4-5-18-20(14)13-31-24(18)30)6-8-29-9-7-19-22(12-29)27-28-23(19)16-2-3-17(11-26)21(25)10-16/h2-5,10H,6-9,12-13H2,1H3,(H,27,28). The molecule has 0 bridgehead atoms. The highest BCUT2D eigenvalue weighted by Gasteiger charge is 2.25. The van der Waals surface area contributed by atoms with E-state index in [9.17, 15) is 9.18 Å². The summed E-state index contributed by atoms with van der Waals surface area (Å²) in [5, 5.41) is 16.5. The fourth-order valence-corrected chi connectivity index (χ4v) is 4.50. The van der Waals surface area contributed by atoms with Gasteiger partial charge in [-0.15, -0.1) is 0 Å². The molecule has 31 heavy (non-hydrogen) atoms. The molecule has 2 aliphatic rings. The average molecular weight is 416 g/mol. The van der Waals surface area contributed by atoms with Gasteiger partial charge in [0.25, 0.3) is 0 Å². The molecule has 1 aromatic heterocycles. The summed E-state index contributed by atoms with van der Waals surface area (Å²) < 4.78 is 19.2. The van der Waals surface area contributed by atoms with Crippen LogP contribution in [0.4, 0.5) is 4.39 Å². The number of hydrogen-bond acceptors (Lipinski definition) is 5. The molecule has 0 radical (unpaired) electrons. The number of nitriles is 1. The fraction of sp³-hybridized carbons (Fsp3) is 0.292. The van der Waals surface area contributed by atoms with E-state index < -0.39 is 5.82 Å². The molecule has 2 aromatic carbocycles. The molecule has 0 fully saturated rings. The molecule has 2 aliphatic heterocycles. The predicted octanol–water partition coefficient (Wildman–Crippen LogP) is 3.67. The zero-order valence-electron chi connectivity index (χ0n) is 17.2. The van der Waals surface area contributed by atoms with Crippen molar-refractivity contribution in [2.75, 3.05) is 13.1 Å². The molecule has 156 valence electrons. The number of nitrogens with zero attached hydrogens (tertiary/aromatic N) is 3. The van der Waals surface area contributed by atoms with Crippen LogP contribution >= 0.6 is 0 Å². The van der Waals surface area contributed by atoms with Crippen molar-refractivity contribution in [1.29, 1.82) is 5.26 Å². The van der Waals surface area contributed by atoms with Gasteiger partial charge in [-0.1, -0.05) is 12.1 Å². The van der Waals surface area contributed by atoms with E-state index in [0.29, 0.717) is 17.7 Å². The van der Waals surface area contributed by atoms with Gasteiger partial charge in [-0.2, -0.15) is 10.4 Å². The van der Waals surface area contributed by atoms with Gasteiger partial charge in [0.2, 0.25) is 0 Å². The highest BCUT2D eigenvalue weighted by Crippen LogP contribution is 2.30. The molecular formula is C24H21FN4O2. The number of fused-ring (bicyclic) bond motifs is 2. The number of aromatic nitrogens is 2. The normalized spacial score (nSPS) is 15.3. The molecule has 7 heteroatoms. The minimum atomic E-state index is -0.522. The fourth-order valence-electron chi connectivity index (χ4n) is 4.50. The van der Waals surface area contributed by atoms with Crippen molar-refractivity contribution < 1.29 is 13.9 Å². The van der Waals surface area contributed by atoms with Crippen molar-refractivity contribution in [2.45, 2.75) is 32.9 Å². The van der Waals surface area contributed by atoms with Crippen molar-refractivity contribution in [3.05, 3.63) is 75.2 Å². The lowest BCUT2D eigenvalue weighted by atomic mass is 9.96. The number of rotatable bonds is 4. The zero-order valence-corrected chi connectivity index (χ0v) is 17.2. The topological polar surface area (TPSA) is 82.0 Å². The van der Waals surface area contributed by atoms with E-state index in [-0.39, 0.29) is 11.5 Å². The van der Waals surface area contributed by atoms with Crippen molar-refractivity contribution >= 4 is 5.97 Å². The predicted molar refractivity (Wildman–Crippen MR) is 112 cm³/mol. The van der Waals surface area contributed by atoms with Gasteiger partial charge in [0.1, 0.15) is 18.5 Å². The molecule has 5 rings (SSSR count). The van der Waals surface area contributed by atoms with Crippen molar-refractivity contribution in [3.63, 3.8) is 0 Å². The number of aromatic amines is 1. The Morgan fingerprint density at radius 3 is 2.97 bits per heavy atom. The number of H-pyrrole nitrogens is 1. The van der Waals surface area contributed by atoms with Gasteiger partial charge in [-0.25, -0.2) is 9.18 Å². The molecule has 0 saturated heterocycles. The van der Waals surface area contributed by atoms with E-state index in [2.05, 4.69) is 22.0 Å². The Morgan fingerprint density at radius 1 is 1.29 bits per heavy atom. The van der Waals surface area contributed by atoms with E-state index in [1.54, 1.807) is 6.07 Å². The van der Waals surface area contributed by atoms with Crippen LogP contribution in [-0.2, 0) is 30.7 Å². The number of hydrogen-bond donors (Lipinski definition) is 1. The quantitative estimate of drug-likeness (QED) is 0.657. The van der Waals surface area contributed by atoms with E-state index >= 15 is 0 Å². The van der Waals surface area contributed by atoms with Gasteiger partial charge in [-0.3, -0.25) is 10.00 Å². The average Bonchev–Trinajstić information content (AvgIpc) is 3.37. The first-order valence-corrected chi connectivity index (χ1v) is 10.3. The summed E-state index contributed by atoms with van der Waals surface area (Å²) in [7, 11) is 0. The Bertz CT molecular complexity index is 1240. The van der Waals surface area contributed by atoms with Crippen LogP contribution in [0.2, 0.25) is 0 Å². The second kappa shape index (κ2) is 7.64. The number of carbonyl (C=O) groups excluding carboxylic acids is 1. The van der Waals surface area contributed by atoms with Crippen molar-refractivity contribution in [2.24, 2.45) is 0 Å². The minimum Gasteiger partial charge on any atom is -0.457 e. The first kappa shape index (κ1) is 19.5. The van der Waals surface area contributed by atoms with Crippen LogP contribution in [0.25, 0.3) is 11.3 Å². The van der Waals surface area contributed by atoms with Crippen molar-refractivity contribution in [3.8, 4) is 17.3 Å². The van der Waals surface area contributed by atoms with Crippen LogP contribution in [0.3, 0.4) is 0 Å². The Kier molecular flexibility index (Phi) is 4.79. The van der Waals surface area contributed by atoms with Crippen LogP contribution < -0.4 is 0 Å². The van der Waals surface area contributed by atoms with Gasteiger partial charge in [0.15, 0.2) is 0 Å². The molecule has 6 nitrogen and oxygen atoms in total. The van der Waals surface area contributed by atoms with Crippen LogP contribution in [0.5, 0.6) is 0 Å². The number of nitrogens with one attached hydrogen (secondary N) is 1. The summed E-state index contributed by atoms with van der Waals surface area (Å²) in [6, 6.07) is 10.4. The first-order valence-electron chi connectivity index (χ1n) is 10.3. The lowest BCUT2D eigenvalue weighted by Gasteiger charge is -2.27. The molecular weight excluding hydrogens is 395 g/mol. The SMILES string of the molecule is Cc1c(CCN2CCc3c(-c4ccc(C#N)c(F)c4)n[nH]c3C2)ccc2c1COC2=O. The minimum absolute atomic E-state index is 0.0390. The lowest BCUT2D eigenvalue weighted by Crippen LogP contribution is -2.32. The molecule has 3 heterocycles. The Hall–Kier alpha value is -3.50. The molecule has 0 aliphatic carbocycles. The Labute approximate surface area is 179 Å². The second-order valence-corrected chi connectivity index (χ2v) is 8.06. The summed E-state index contributed by atoms with van der Waals surface area (Å²) >= 11 is 0. The first-order chi connectivity index (χ1) is 15.0. The largest absolute Gasteiger partial charge is 0.457 e. The molecule has 0 spiro atoms. The lowest BCUT2D eigenvalue weighted by molar-refractivity contribution is 0.0535. The van der Waals surface area contributed by atoms with Crippen LogP contribution in [0, 0.1) is 24.1 Å². The van der Waals surface area contributed by atoms with Gasteiger partial charge in [-0.05, 0) is 49.1 Å². The summed E-state index contributed by atoms with van der Waals surface area (Å²) in [4.78, 5) is 14.1. The molecule has 1 N–H and O–H groups in total. The van der Waals surface area contributed by atoms with Crippen LogP contribution in [0.15, 0.2) is 30.3 Å². The van der Waals surface area contributed by atoms with E-state index in [1.165, 1.54) is 17.7 Å². The maximum Gasteiger partial charge on any atom is 0.338 e. The number of ether oxygens (including phenoxy) is 1. The van der Waals surface area contributed by atoms with Gasteiger partial charge in [0, 0.05) is 36.3 Å². The maximum absolute atomic E-state index is 14.0. The van der Waals surface area contributed by atoms with Crippen molar-refractivity contribution in [1.82, 2.24) is 15.1 Å². The van der Waals surface area contributed by atoms with Gasteiger partial charge < -0.3 is 4.74 Å². The summed E-state index contributed by atoms with van der Waals surface area (Å²) in [5.74, 6) is -0.753. The molecule has 0 atom stereocenters. The number of carbonyl (C=O) groups is 1. The third-order valence-electron chi connectivity index (χ3n) is 6.35. The number of cyclic esters (lactones) is 1. The maximum atomic E-state index is 14.0. The third kappa shape index (κ3) is 3.39. The summed E-state index contributed by atoms with van der Waals surface area (Å²) in [6.45, 7) is 4.97. The van der Waals surface area contributed by atoms with Crippen LogP contribution in [-0.4, -0.2) is 34.2 Å². The van der Waals surface area contributed by atoms with Gasteiger partial charge in [0.05, 0.1) is 22.5 Å². The highest BCUT2D eigenvalue weighted by atomic mass is 19.1. The van der Waals surface area contributed by atoms with E-state index in [4.69, 9.17) is 10.00 Å². The zero-order chi connectivity index (χ0) is 21.5. The van der Waals surface area contributed by atoms with Crippen LogP contribution in [0.1, 0.15) is 43.9 Å². The molecule has 3 aromatic rings. The third-order valence-corrected chi connectivity index (χ3v) is 6.35. The summed E-state index contributed by atoms with van der Waals surface area (Å²) in [6.07, 6.45) is 1.72.